The predicted molar refractivity (Wildman–Crippen MR) is 91.4 cm³/mol. The molecule has 1 heterocycles. The standard InChI is InChI=1S/C16H13ClN2O3.ClH/c17-11-5-7-12(8-6-11)18-15(20)9-19-10-22-16(21)13-3-1-2-4-14(13)19;/h1-8H,9-10H2,(H,18,20);1H. The molecule has 0 spiro atoms. The number of nitrogens with one attached hydrogen (secondary N) is 1. The van der Waals surface area contributed by atoms with Crippen molar-refractivity contribution in [3.05, 3.63) is 59.1 Å². The molecule has 0 aromatic heterocycles. The summed E-state index contributed by atoms with van der Waals surface area (Å²) in [7, 11) is 0. The van der Waals surface area contributed by atoms with Crippen molar-refractivity contribution in [3.8, 4) is 0 Å². The van der Waals surface area contributed by atoms with Gasteiger partial charge in [0, 0.05) is 10.7 Å². The van der Waals surface area contributed by atoms with E-state index in [1.807, 2.05) is 6.07 Å². The van der Waals surface area contributed by atoms with Gasteiger partial charge in [0.2, 0.25) is 5.91 Å². The third-order valence-corrected chi connectivity index (χ3v) is 3.53. The zero-order chi connectivity index (χ0) is 15.5. The molecule has 1 amide bonds. The number of anilines is 2. The lowest BCUT2D eigenvalue weighted by atomic mass is 10.1. The number of hydrogen-bond donors (Lipinski definition) is 1. The fraction of sp³-hybridized carbons (Fsp3) is 0.125. The number of hydrogen-bond acceptors (Lipinski definition) is 4. The van der Waals surface area contributed by atoms with Crippen molar-refractivity contribution in [2.75, 3.05) is 23.5 Å². The maximum absolute atomic E-state index is 12.1. The van der Waals surface area contributed by atoms with Crippen LogP contribution in [0, 0.1) is 0 Å². The van der Waals surface area contributed by atoms with E-state index in [0.29, 0.717) is 22.0 Å². The number of carbonyl (C=O) groups is 2. The van der Waals surface area contributed by atoms with Crippen LogP contribution in [0.25, 0.3) is 0 Å². The Morgan fingerprint density at radius 3 is 2.61 bits per heavy atom. The van der Waals surface area contributed by atoms with Crippen molar-refractivity contribution in [1.82, 2.24) is 0 Å². The lowest BCUT2D eigenvalue weighted by Gasteiger charge is -2.29. The third kappa shape index (κ3) is 3.94. The van der Waals surface area contributed by atoms with Gasteiger partial charge in [-0.3, -0.25) is 4.79 Å². The molecule has 3 rings (SSSR count). The maximum Gasteiger partial charge on any atom is 0.341 e. The van der Waals surface area contributed by atoms with Crippen LogP contribution in [0.5, 0.6) is 0 Å². The predicted octanol–water partition coefficient (Wildman–Crippen LogP) is 3.33. The fourth-order valence-electron chi connectivity index (χ4n) is 2.24. The van der Waals surface area contributed by atoms with Gasteiger partial charge in [0.1, 0.15) is 6.54 Å². The molecule has 0 unspecified atom stereocenters. The first-order valence-electron chi connectivity index (χ1n) is 6.70. The SMILES string of the molecule is Cl.O=C(CN1COC(=O)c2ccccc21)Nc1ccc(Cl)cc1. The van der Waals surface area contributed by atoms with Crippen LogP contribution in [-0.2, 0) is 9.53 Å². The zero-order valence-electron chi connectivity index (χ0n) is 12.0. The molecule has 7 heteroatoms. The molecule has 1 aliphatic heterocycles. The van der Waals surface area contributed by atoms with Crippen LogP contribution in [0.15, 0.2) is 48.5 Å². The second-order valence-electron chi connectivity index (χ2n) is 4.83. The quantitative estimate of drug-likeness (QED) is 0.860. The summed E-state index contributed by atoms with van der Waals surface area (Å²) in [6, 6.07) is 13.9. The average Bonchev–Trinajstić information content (AvgIpc) is 2.53. The van der Waals surface area contributed by atoms with Crippen molar-refractivity contribution in [1.29, 1.82) is 0 Å². The maximum atomic E-state index is 12.1. The first-order chi connectivity index (χ1) is 10.6. The summed E-state index contributed by atoms with van der Waals surface area (Å²) in [5, 5.41) is 3.39. The number of esters is 1. The monoisotopic (exact) mass is 352 g/mol. The molecule has 0 fully saturated rings. The minimum atomic E-state index is -0.370. The number of ether oxygens (including phenoxy) is 1. The Bertz CT molecular complexity index is 720. The van der Waals surface area contributed by atoms with Gasteiger partial charge in [-0.25, -0.2) is 4.79 Å². The van der Waals surface area contributed by atoms with E-state index in [-0.39, 0.29) is 37.6 Å². The van der Waals surface area contributed by atoms with Crippen molar-refractivity contribution in [3.63, 3.8) is 0 Å². The molecular weight excluding hydrogens is 339 g/mol. The smallest absolute Gasteiger partial charge is 0.341 e. The van der Waals surface area contributed by atoms with Crippen LogP contribution in [0.4, 0.5) is 11.4 Å². The number of cyclic esters (lactones) is 1. The normalized spacial score (nSPS) is 12.7. The Balaban J connectivity index is 0.00000192. The minimum absolute atomic E-state index is 0. The van der Waals surface area contributed by atoms with Gasteiger partial charge in [-0.1, -0.05) is 23.7 Å². The van der Waals surface area contributed by atoms with E-state index >= 15 is 0 Å². The van der Waals surface area contributed by atoms with Gasteiger partial charge in [-0.2, -0.15) is 0 Å². The Labute approximate surface area is 144 Å². The summed E-state index contributed by atoms with van der Waals surface area (Å²) in [4.78, 5) is 25.5. The highest BCUT2D eigenvalue weighted by atomic mass is 35.5. The molecule has 2 aromatic rings. The summed E-state index contributed by atoms with van der Waals surface area (Å²) in [6.45, 7) is 0.150. The summed E-state index contributed by atoms with van der Waals surface area (Å²) < 4.78 is 5.07. The van der Waals surface area contributed by atoms with Gasteiger partial charge in [0.05, 0.1) is 11.3 Å². The van der Waals surface area contributed by atoms with Gasteiger partial charge >= 0.3 is 5.97 Å². The van der Waals surface area contributed by atoms with E-state index in [1.54, 1.807) is 47.4 Å². The van der Waals surface area contributed by atoms with Crippen molar-refractivity contribution in [2.45, 2.75) is 0 Å². The van der Waals surface area contributed by atoms with Crippen LogP contribution in [0.3, 0.4) is 0 Å². The minimum Gasteiger partial charge on any atom is -0.441 e. The lowest BCUT2D eigenvalue weighted by Crippen LogP contribution is -2.39. The van der Waals surface area contributed by atoms with E-state index in [4.69, 9.17) is 16.3 Å². The van der Waals surface area contributed by atoms with E-state index in [0.717, 1.165) is 0 Å². The molecule has 0 radical (unpaired) electrons. The molecule has 1 N–H and O–H groups in total. The third-order valence-electron chi connectivity index (χ3n) is 3.28. The molecule has 0 bridgehead atoms. The van der Waals surface area contributed by atoms with E-state index in [1.165, 1.54) is 0 Å². The Kier molecular flexibility index (Phi) is 5.47. The Hall–Kier alpha value is -2.24. The number of benzene rings is 2. The molecule has 120 valence electrons. The molecule has 5 nitrogen and oxygen atoms in total. The summed E-state index contributed by atoms with van der Waals surface area (Å²) >= 11 is 5.80. The van der Waals surface area contributed by atoms with E-state index in [9.17, 15) is 9.59 Å². The molecule has 0 saturated carbocycles. The molecule has 0 saturated heterocycles. The number of fused-ring (bicyclic) bond motifs is 1. The van der Waals surface area contributed by atoms with Gasteiger partial charge in [-0.05, 0) is 36.4 Å². The zero-order valence-corrected chi connectivity index (χ0v) is 13.6. The summed E-state index contributed by atoms with van der Waals surface area (Å²) in [5.41, 5.74) is 1.83. The highest BCUT2D eigenvalue weighted by molar-refractivity contribution is 6.30. The van der Waals surface area contributed by atoms with E-state index < -0.39 is 0 Å². The number of nitrogens with zero attached hydrogens (tertiary/aromatic N) is 1. The lowest BCUT2D eigenvalue weighted by molar-refractivity contribution is -0.115. The second-order valence-corrected chi connectivity index (χ2v) is 5.27. The number of rotatable bonds is 3. The first kappa shape index (κ1) is 17.1. The first-order valence-corrected chi connectivity index (χ1v) is 7.08. The fourth-order valence-corrected chi connectivity index (χ4v) is 2.37. The van der Waals surface area contributed by atoms with E-state index in [2.05, 4.69) is 5.32 Å². The van der Waals surface area contributed by atoms with Crippen molar-refractivity contribution < 1.29 is 14.3 Å². The van der Waals surface area contributed by atoms with Crippen LogP contribution in [0.1, 0.15) is 10.4 Å². The molecule has 1 aliphatic rings. The van der Waals surface area contributed by atoms with Crippen molar-refractivity contribution >= 4 is 47.3 Å². The highest BCUT2D eigenvalue weighted by Gasteiger charge is 2.25. The second kappa shape index (κ2) is 7.35. The topological polar surface area (TPSA) is 58.6 Å². The molecule has 2 aromatic carbocycles. The Morgan fingerprint density at radius 2 is 1.87 bits per heavy atom. The van der Waals surface area contributed by atoms with Crippen molar-refractivity contribution in [2.24, 2.45) is 0 Å². The summed E-state index contributed by atoms with van der Waals surface area (Å²) in [5.74, 6) is -0.569. The average molecular weight is 353 g/mol. The van der Waals surface area contributed by atoms with Gasteiger partial charge in [-0.15, -0.1) is 12.4 Å². The molecule has 0 aliphatic carbocycles. The number of halogens is 2. The highest BCUT2D eigenvalue weighted by Crippen LogP contribution is 2.25. The molecule has 23 heavy (non-hydrogen) atoms. The molecular formula is C16H14Cl2N2O3. The van der Waals surface area contributed by atoms with Gasteiger partial charge < -0.3 is 15.0 Å². The summed E-state index contributed by atoms with van der Waals surface area (Å²) in [6.07, 6.45) is 0. The largest absolute Gasteiger partial charge is 0.441 e. The molecule has 0 atom stereocenters. The number of para-hydroxylation sites is 1. The number of amides is 1. The van der Waals surface area contributed by atoms with Crippen LogP contribution >= 0.6 is 24.0 Å². The van der Waals surface area contributed by atoms with Crippen LogP contribution < -0.4 is 10.2 Å². The van der Waals surface area contributed by atoms with Crippen LogP contribution in [0.2, 0.25) is 5.02 Å². The van der Waals surface area contributed by atoms with Gasteiger partial charge in [0.25, 0.3) is 0 Å². The Morgan fingerprint density at radius 1 is 1.17 bits per heavy atom. The van der Waals surface area contributed by atoms with Crippen LogP contribution in [-0.4, -0.2) is 25.2 Å². The number of carbonyl (C=O) groups excluding carboxylic acids is 2. The van der Waals surface area contributed by atoms with Gasteiger partial charge in [0.15, 0.2) is 6.73 Å².